The van der Waals surface area contributed by atoms with Crippen LogP contribution in [0, 0.1) is 0 Å². The van der Waals surface area contributed by atoms with Gasteiger partial charge in [0.25, 0.3) is 0 Å². The standard InChI is InChI=1S/C10H12N2O2/c1-2-13-9-6-4-3-5-8(9)10-11-7-14-12-10/h3-6H,2,7H2,1H3,(H,11,12). The fourth-order valence-corrected chi connectivity index (χ4v) is 1.31. The van der Waals surface area contributed by atoms with Gasteiger partial charge in [-0.2, -0.15) is 0 Å². The number of aliphatic imine (C=N–C) groups is 1. The molecular weight excluding hydrogens is 180 g/mol. The molecule has 0 saturated heterocycles. The fourth-order valence-electron chi connectivity index (χ4n) is 1.31. The van der Waals surface area contributed by atoms with Crippen molar-refractivity contribution < 1.29 is 9.57 Å². The van der Waals surface area contributed by atoms with E-state index < -0.39 is 0 Å². The number of amidine groups is 1. The highest BCUT2D eigenvalue weighted by Gasteiger charge is 2.12. The molecule has 0 saturated carbocycles. The number of hydroxylamine groups is 1. The zero-order valence-corrected chi connectivity index (χ0v) is 7.99. The van der Waals surface area contributed by atoms with Crippen LogP contribution in [0.1, 0.15) is 12.5 Å². The number of benzene rings is 1. The molecule has 0 atom stereocenters. The predicted molar refractivity (Wildman–Crippen MR) is 53.2 cm³/mol. The zero-order valence-electron chi connectivity index (χ0n) is 7.99. The highest BCUT2D eigenvalue weighted by molar-refractivity contribution is 6.01. The van der Waals surface area contributed by atoms with E-state index in [-0.39, 0.29) is 0 Å². The Labute approximate surface area is 82.5 Å². The third-order valence-electron chi connectivity index (χ3n) is 1.90. The zero-order chi connectivity index (χ0) is 9.80. The maximum absolute atomic E-state index is 5.47. The second-order valence-corrected chi connectivity index (χ2v) is 2.81. The molecule has 1 heterocycles. The molecule has 1 aromatic carbocycles. The van der Waals surface area contributed by atoms with Gasteiger partial charge in [-0.05, 0) is 19.1 Å². The molecule has 0 unspecified atom stereocenters. The van der Waals surface area contributed by atoms with Gasteiger partial charge in [0.05, 0.1) is 12.2 Å². The smallest absolute Gasteiger partial charge is 0.167 e. The van der Waals surface area contributed by atoms with E-state index in [1.54, 1.807) is 0 Å². The number of nitrogens with one attached hydrogen (secondary N) is 1. The van der Waals surface area contributed by atoms with Gasteiger partial charge in [-0.3, -0.25) is 4.84 Å². The van der Waals surface area contributed by atoms with Gasteiger partial charge in [0, 0.05) is 0 Å². The van der Waals surface area contributed by atoms with Gasteiger partial charge in [-0.1, -0.05) is 12.1 Å². The third-order valence-corrected chi connectivity index (χ3v) is 1.90. The monoisotopic (exact) mass is 192 g/mol. The van der Waals surface area contributed by atoms with E-state index in [4.69, 9.17) is 9.57 Å². The van der Waals surface area contributed by atoms with Crippen LogP contribution in [0.4, 0.5) is 0 Å². The molecule has 1 aromatic rings. The summed E-state index contributed by atoms with van der Waals surface area (Å²) in [4.78, 5) is 9.09. The molecule has 0 aliphatic carbocycles. The van der Waals surface area contributed by atoms with Crippen molar-refractivity contribution in [1.29, 1.82) is 0 Å². The number of nitrogens with zero attached hydrogens (tertiary/aromatic N) is 1. The lowest BCUT2D eigenvalue weighted by molar-refractivity contribution is 0.115. The minimum atomic E-state index is 0.357. The van der Waals surface area contributed by atoms with Crippen LogP contribution >= 0.6 is 0 Å². The highest BCUT2D eigenvalue weighted by atomic mass is 16.7. The quantitative estimate of drug-likeness (QED) is 0.785. The second-order valence-electron chi connectivity index (χ2n) is 2.81. The first-order valence-electron chi connectivity index (χ1n) is 4.56. The molecule has 0 amide bonds. The average Bonchev–Trinajstić information content (AvgIpc) is 2.72. The molecule has 1 aliphatic rings. The number of hydrogen-bond acceptors (Lipinski definition) is 4. The van der Waals surface area contributed by atoms with Crippen molar-refractivity contribution in [3.8, 4) is 5.75 Å². The molecule has 0 spiro atoms. The van der Waals surface area contributed by atoms with Crippen LogP contribution in [0.5, 0.6) is 5.75 Å². The van der Waals surface area contributed by atoms with Gasteiger partial charge in [0.1, 0.15) is 5.75 Å². The minimum absolute atomic E-state index is 0.357. The third kappa shape index (κ3) is 1.70. The number of para-hydroxylation sites is 1. The molecule has 4 nitrogen and oxygen atoms in total. The number of hydrogen-bond donors (Lipinski definition) is 1. The summed E-state index contributed by atoms with van der Waals surface area (Å²) in [6.07, 6.45) is 0. The summed E-state index contributed by atoms with van der Waals surface area (Å²) in [6, 6.07) is 7.75. The molecule has 4 heteroatoms. The van der Waals surface area contributed by atoms with Gasteiger partial charge < -0.3 is 4.74 Å². The van der Waals surface area contributed by atoms with Gasteiger partial charge >= 0.3 is 0 Å². The Bertz CT molecular complexity index is 350. The van der Waals surface area contributed by atoms with Crippen molar-refractivity contribution in [2.75, 3.05) is 13.3 Å². The maximum Gasteiger partial charge on any atom is 0.167 e. The Morgan fingerprint density at radius 2 is 2.36 bits per heavy atom. The summed E-state index contributed by atoms with van der Waals surface area (Å²) in [5.41, 5.74) is 3.68. The summed E-state index contributed by atoms with van der Waals surface area (Å²) in [5.74, 6) is 1.56. The molecule has 2 rings (SSSR count). The van der Waals surface area contributed by atoms with Gasteiger partial charge in [0.2, 0.25) is 0 Å². The topological polar surface area (TPSA) is 42.9 Å². The summed E-state index contributed by atoms with van der Waals surface area (Å²) in [5, 5.41) is 0. The Hall–Kier alpha value is -1.55. The summed E-state index contributed by atoms with van der Waals surface area (Å²) in [7, 11) is 0. The van der Waals surface area contributed by atoms with Crippen molar-refractivity contribution in [1.82, 2.24) is 5.48 Å². The van der Waals surface area contributed by atoms with Crippen molar-refractivity contribution >= 4 is 5.84 Å². The molecule has 0 aromatic heterocycles. The van der Waals surface area contributed by atoms with Crippen LogP contribution in [0.15, 0.2) is 29.3 Å². The van der Waals surface area contributed by atoms with Gasteiger partial charge in [-0.25, -0.2) is 10.5 Å². The molecule has 1 aliphatic heterocycles. The predicted octanol–water partition coefficient (Wildman–Crippen LogP) is 1.32. The van der Waals surface area contributed by atoms with Crippen LogP contribution in [-0.2, 0) is 4.84 Å². The lowest BCUT2D eigenvalue weighted by Gasteiger charge is -2.08. The molecule has 1 N–H and O–H groups in total. The first kappa shape index (κ1) is 9.02. The molecule has 0 radical (unpaired) electrons. The van der Waals surface area contributed by atoms with Gasteiger partial charge in [0.15, 0.2) is 12.6 Å². The second kappa shape index (κ2) is 4.11. The van der Waals surface area contributed by atoms with Crippen molar-refractivity contribution in [3.63, 3.8) is 0 Å². The average molecular weight is 192 g/mol. The van der Waals surface area contributed by atoms with E-state index >= 15 is 0 Å². The first-order valence-corrected chi connectivity index (χ1v) is 4.56. The summed E-state index contributed by atoms with van der Waals surface area (Å²) >= 11 is 0. The highest BCUT2D eigenvalue weighted by Crippen LogP contribution is 2.19. The van der Waals surface area contributed by atoms with Crippen molar-refractivity contribution in [2.24, 2.45) is 4.99 Å². The summed E-state index contributed by atoms with van der Waals surface area (Å²) < 4.78 is 5.47. The van der Waals surface area contributed by atoms with E-state index in [1.807, 2.05) is 31.2 Å². The Kier molecular flexibility index (Phi) is 2.65. The van der Waals surface area contributed by atoms with E-state index in [0.717, 1.165) is 17.1 Å². The Balaban J connectivity index is 2.31. The van der Waals surface area contributed by atoms with E-state index in [0.29, 0.717) is 13.3 Å². The molecule has 0 bridgehead atoms. The minimum Gasteiger partial charge on any atom is -0.493 e. The van der Waals surface area contributed by atoms with Crippen LogP contribution in [0.3, 0.4) is 0 Å². The number of rotatable bonds is 3. The first-order chi connectivity index (χ1) is 6.92. The maximum atomic E-state index is 5.47. The summed E-state index contributed by atoms with van der Waals surface area (Å²) in [6.45, 7) is 2.96. The number of ether oxygens (including phenoxy) is 1. The lowest BCUT2D eigenvalue weighted by Crippen LogP contribution is -2.18. The van der Waals surface area contributed by atoms with Crippen LogP contribution in [0.2, 0.25) is 0 Å². The largest absolute Gasteiger partial charge is 0.493 e. The van der Waals surface area contributed by atoms with Crippen molar-refractivity contribution in [3.05, 3.63) is 29.8 Å². The molecular formula is C10H12N2O2. The van der Waals surface area contributed by atoms with E-state index in [2.05, 4.69) is 10.5 Å². The molecule has 74 valence electrons. The van der Waals surface area contributed by atoms with Crippen LogP contribution in [-0.4, -0.2) is 19.2 Å². The lowest BCUT2D eigenvalue weighted by atomic mass is 10.2. The van der Waals surface area contributed by atoms with E-state index in [9.17, 15) is 0 Å². The van der Waals surface area contributed by atoms with Crippen LogP contribution in [0.25, 0.3) is 0 Å². The van der Waals surface area contributed by atoms with Crippen molar-refractivity contribution in [2.45, 2.75) is 6.92 Å². The fraction of sp³-hybridized carbons (Fsp3) is 0.300. The van der Waals surface area contributed by atoms with Gasteiger partial charge in [-0.15, -0.1) is 0 Å². The SMILES string of the molecule is CCOc1ccccc1C1=NCON1. The Morgan fingerprint density at radius 1 is 1.50 bits per heavy atom. The van der Waals surface area contributed by atoms with Crippen LogP contribution < -0.4 is 10.2 Å². The van der Waals surface area contributed by atoms with E-state index in [1.165, 1.54) is 0 Å². The molecule has 14 heavy (non-hydrogen) atoms. The normalized spacial score (nSPS) is 14.8. The molecule has 0 fully saturated rings. The Morgan fingerprint density at radius 3 is 3.07 bits per heavy atom.